The van der Waals surface area contributed by atoms with Gasteiger partial charge in [0, 0.05) is 34.7 Å². The Morgan fingerprint density at radius 2 is 2.03 bits per heavy atom. The first-order chi connectivity index (χ1) is 17.3. The number of rotatable bonds is 6. The summed E-state index contributed by atoms with van der Waals surface area (Å²) in [5.41, 5.74) is 11.5. The minimum Gasteiger partial charge on any atom is -0.397 e. The molecule has 0 aliphatic carbocycles. The smallest absolute Gasteiger partial charge is 0.263 e. The van der Waals surface area contributed by atoms with Gasteiger partial charge in [-0.25, -0.2) is 4.98 Å². The van der Waals surface area contributed by atoms with Gasteiger partial charge in [-0.1, -0.05) is 23.8 Å². The highest BCUT2D eigenvalue weighted by atomic mass is 32.1. The van der Waals surface area contributed by atoms with Crippen LogP contribution in [0.1, 0.15) is 49.7 Å². The van der Waals surface area contributed by atoms with Crippen molar-refractivity contribution in [3.8, 4) is 10.4 Å². The molecule has 36 heavy (non-hydrogen) atoms. The molecule has 9 heteroatoms. The van der Waals surface area contributed by atoms with Crippen molar-refractivity contribution in [2.45, 2.75) is 39.7 Å². The minimum absolute atomic E-state index is 0.0344. The van der Waals surface area contributed by atoms with Gasteiger partial charge in [0.2, 0.25) is 0 Å². The van der Waals surface area contributed by atoms with Crippen molar-refractivity contribution >= 4 is 56.1 Å². The number of fused-ring (bicyclic) bond motifs is 1. The molecule has 4 heterocycles. The number of pyridine rings is 1. The van der Waals surface area contributed by atoms with Gasteiger partial charge in [-0.3, -0.25) is 9.59 Å². The molecular formula is C27H28N4O3S2. The normalized spacial score (nSPS) is 15.4. The summed E-state index contributed by atoms with van der Waals surface area (Å²) in [7, 11) is 0. The fourth-order valence-electron chi connectivity index (χ4n) is 4.61. The number of carbonyl (C=O) groups is 2. The Morgan fingerprint density at radius 3 is 2.72 bits per heavy atom. The van der Waals surface area contributed by atoms with E-state index in [2.05, 4.69) is 10.6 Å². The number of ether oxygens (including phenoxy) is 1. The maximum absolute atomic E-state index is 13.7. The summed E-state index contributed by atoms with van der Waals surface area (Å²) in [6, 6.07) is 9.80. The number of nitrogens with zero attached hydrogens (tertiary/aromatic N) is 1. The zero-order valence-electron chi connectivity index (χ0n) is 20.4. The largest absolute Gasteiger partial charge is 0.397 e. The molecule has 0 saturated carbocycles. The van der Waals surface area contributed by atoms with Crippen molar-refractivity contribution < 1.29 is 14.3 Å². The van der Waals surface area contributed by atoms with Crippen LogP contribution in [0.5, 0.6) is 0 Å². The van der Waals surface area contributed by atoms with Crippen LogP contribution in [0.4, 0.5) is 11.4 Å². The number of anilines is 2. The molecule has 1 aromatic carbocycles. The van der Waals surface area contributed by atoms with Gasteiger partial charge in [0.25, 0.3) is 11.8 Å². The van der Waals surface area contributed by atoms with Crippen LogP contribution in [0.25, 0.3) is 20.7 Å². The van der Waals surface area contributed by atoms with E-state index >= 15 is 0 Å². The van der Waals surface area contributed by atoms with E-state index in [0.29, 0.717) is 44.1 Å². The maximum Gasteiger partial charge on any atom is 0.263 e. The molecular weight excluding hydrogens is 492 g/mol. The number of carbonyl (C=O) groups excluding carboxylic acids is 2. The average molecular weight is 521 g/mol. The Kier molecular flexibility index (Phi) is 6.79. The molecule has 1 aliphatic heterocycles. The Hall–Kier alpha value is -3.27. The number of amides is 2. The third-order valence-corrected chi connectivity index (χ3v) is 8.39. The molecule has 0 spiro atoms. The Morgan fingerprint density at radius 1 is 1.19 bits per heavy atom. The van der Waals surface area contributed by atoms with Crippen LogP contribution in [0.2, 0.25) is 0 Å². The summed E-state index contributed by atoms with van der Waals surface area (Å²) in [4.78, 5) is 33.4. The molecule has 1 atom stereocenters. The quantitative estimate of drug-likeness (QED) is 0.303. The van der Waals surface area contributed by atoms with Crippen molar-refractivity contribution in [1.82, 2.24) is 10.3 Å². The van der Waals surface area contributed by atoms with Gasteiger partial charge >= 0.3 is 0 Å². The van der Waals surface area contributed by atoms with Crippen LogP contribution in [0, 0.1) is 20.8 Å². The molecule has 3 aromatic heterocycles. The number of nitrogens with two attached hydrogens (primary N) is 1. The van der Waals surface area contributed by atoms with Gasteiger partial charge in [-0.15, -0.1) is 22.7 Å². The molecule has 1 fully saturated rings. The van der Waals surface area contributed by atoms with Crippen LogP contribution in [-0.4, -0.2) is 36.1 Å². The van der Waals surface area contributed by atoms with Gasteiger partial charge in [0.05, 0.1) is 23.0 Å². The monoisotopic (exact) mass is 520 g/mol. The van der Waals surface area contributed by atoms with Crippen LogP contribution >= 0.6 is 22.7 Å². The van der Waals surface area contributed by atoms with Crippen LogP contribution in [-0.2, 0) is 4.74 Å². The van der Waals surface area contributed by atoms with Gasteiger partial charge in [-0.05, 0) is 56.7 Å². The summed E-state index contributed by atoms with van der Waals surface area (Å²) in [6.45, 7) is 6.98. The number of hydrogen-bond donors (Lipinski definition) is 3. The van der Waals surface area contributed by atoms with Gasteiger partial charge in [0.15, 0.2) is 0 Å². The van der Waals surface area contributed by atoms with Crippen molar-refractivity contribution in [2.24, 2.45) is 0 Å². The molecule has 1 saturated heterocycles. The number of nitrogen functional groups attached to an aromatic ring is 1. The zero-order valence-corrected chi connectivity index (χ0v) is 22.1. The lowest BCUT2D eigenvalue weighted by Crippen LogP contribution is -2.31. The van der Waals surface area contributed by atoms with Gasteiger partial charge in [-0.2, -0.15) is 0 Å². The lowest BCUT2D eigenvalue weighted by Gasteiger charge is -2.15. The first kappa shape index (κ1) is 24.4. The molecule has 5 rings (SSSR count). The highest BCUT2D eigenvalue weighted by Crippen LogP contribution is 2.43. The van der Waals surface area contributed by atoms with E-state index < -0.39 is 0 Å². The molecule has 0 unspecified atom stereocenters. The van der Waals surface area contributed by atoms with E-state index in [-0.39, 0.29) is 17.9 Å². The fourth-order valence-corrected chi connectivity index (χ4v) is 6.46. The molecule has 1 aliphatic rings. The van der Waals surface area contributed by atoms with E-state index in [1.807, 2.05) is 56.5 Å². The Bertz CT molecular complexity index is 1450. The van der Waals surface area contributed by atoms with E-state index in [0.717, 1.165) is 41.1 Å². The number of aromatic nitrogens is 1. The van der Waals surface area contributed by atoms with Crippen molar-refractivity contribution in [3.05, 3.63) is 63.0 Å². The van der Waals surface area contributed by atoms with Crippen LogP contribution in [0.15, 0.2) is 35.7 Å². The third-order valence-electron chi connectivity index (χ3n) is 6.40. The van der Waals surface area contributed by atoms with Crippen LogP contribution < -0.4 is 16.4 Å². The Labute approximate surface area is 217 Å². The highest BCUT2D eigenvalue weighted by molar-refractivity contribution is 7.21. The SMILES string of the molecule is Cc1ccc(NC(=O)c2c(C)nc3sc(C(=O)NC[C@H]4CCCO4)c(N)c3c2-c2cccs2)c(C)c1. The fraction of sp³-hybridized carbons (Fsp3) is 0.296. The summed E-state index contributed by atoms with van der Waals surface area (Å²) in [6.07, 6.45) is 1.98. The second-order valence-electron chi connectivity index (χ2n) is 9.07. The number of benzene rings is 1. The second-order valence-corrected chi connectivity index (χ2v) is 11.0. The average Bonchev–Trinajstić information content (AvgIpc) is 3.60. The molecule has 4 aromatic rings. The molecule has 7 nitrogen and oxygen atoms in total. The number of aryl methyl sites for hydroxylation is 3. The van der Waals surface area contributed by atoms with E-state index in [9.17, 15) is 9.59 Å². The standard InChI is InChI=1S/C27H28N4O3S2/c1-14-8-9-18(15(2)12-14)31-25(32)20-16(3)30-27-22(21(20)19-7-5-11-35-19)23(28)24(36-27)26(33)29-13-17-6-4-10-34-17/h5,7-9,11-12,17H,4,6,10,13,28H2,1-3H3,(H,29,33)(H,31,32)/t17-/m1/s1. The molecule has 186 valence electrons. The number of nitrogens with one attached hydrogen (secondary N) is 2. The first-order valence-electron chi connectivity index (χ1n) is 11.9. The third kappa shape index (κ3) is 4.61. The van der Waals surface area contributed by atoms with E-state index in [1.54, 1.807) is 0 Å². The van der Waals surface area contributed by atoms with Crippen molar-refractivity contribution in [3.63, 3.8) is 0 Å². The van der Waals surface area contributed by atoms with E-state index in [4.69, 9.17) is 15.5 Å². The predicted molar refractivity (Wildman–Crippen MR) is 147 cm³/mol. The van der Waals surface area contributed by atoms with E-state index in [1.165, 1.54) is 22.7 Å². The van der Waals surface area contributed by atoms with Gasteiger partial charge in [0.1, 0.15) is 9.71 Å². The first-order valence-corrected chi connectivity index (χ1v) is 13.6. The summed E-state index contributed by atoms with van der Waals surface area (Å²) in [5, 5.41) is 8.61. The van der Waals surface area contributed by atoms with Gasteiger partial charge < -0.3 is 21.1 Å². The number of thiophene rings is 2. The molecule has 4 N–H and O–H groups in total. The lowest BCUT2D eigenvalue weighted by atomic mass is 9.99. The van der Waals surface area contributed by atoms with Crippen LogP contribution in [0.3, 0.4) is 0 Å². The van der Waals surface area contributed by atoms with Crippen molar-refractivity contribution in [2.75, 3.05) is 24.2 Å². The Balaban J connectivity index is 1.58. The minimum atomic E-state index is -0.257. The molecule has 0 radical (unpaired) electrons. The topological polar surface area (TPSA) is 106 Å². The predicted octanol–water partition coefficient (Wildman–Crippen LogP) is 5.69. The zero-order chi connectivity index (χ0) is 25.4. The maximum atomic E-state index is 13.7. The van der Waals surface area contributed by atoms with Crippen molar-refractivity contribution in [1.29, 1.82) is 0 Å². The summed E-state index contributed by atoms with van der Waals surface area (Å²) < 4.78 is 5.62. The summed E-state index contributed by atoms with van der Waals surface area (Å²) in [5.74, 6) is -0.505. The summed E-state index contributed by atoms with van der Waals surface area (Å²) >= 11 is 2.77. The molecule has 0 bridgehead atoms. The number of hydrogen-bond acceptors (Lipinski definition) is 7. The lowest BCUT2D eigenvalue weighted by molar-refractivity contribution is 0.0861. The highest BCUT2D eigenvalue weighted by Gasteiger charge is 2.27. The molecule has 2 amide bonds. The second kappa shape index (κ2) is 10.0.